The van der Waals surface area contributed by atoms with Gasteiger partial charge in [-0.25, -0.2) is 0 Å². The number of carbonyl (C=O) groups is 1. The van der Waals surface area contributed by atoms with Crippen molar-refractivity contribution in [3.63, 3.8) is 0 Å². The van der Waals surface area contributed by atoms with Gasteiger partial charge in [0, 0.05) is 52.4 Å². The Morgan fingerprint density at radius 2 is 1.95 bits per heavy atom. The predicted molar refractivity (Wildman–Crippen MR) is 74.0 cm³/mol. The van der Waals surface area contributed by atoms with E-state index in [1.54, 1.807) is 0 Å². The van der Waals surface area contributed by atoms with E-state index >= 15 is 0 Å². The number of nitrogens with zero attached hydrogens (tertiary/aromatic N) is 2. The van der Waals surface area contributed by atoms with E-state index in [0.717, 1.165) is 45.8 Å². The van der Waals surface area contributed by atoms with E-state index in [1.807, 2.05) is 18.7 Å². The fourth-order valence-corrected chi connectivity index (χ4v) is 2.72. The average Bonchev–Trinajstić information content (AvgIpc) is 2.38. The number of amides is 1. The largest absolute Gasteiger partial charge is 0.389 e. The number of piperazine rings is 2. The topological polar surface area (TPSA) is 67.8 Å². The molecule has 0 aromatic rings. The maximum Gasteiger partial charge on any atom is 0.241 e. The van der Waals surface area contributed by atoms with E-state index in [9.17, 15) is 9.90 Å². The Hall–Kier alpha value is -0.690. The molecule has 2 aliphatic rings. The second-order valence-corrected chi connectivity index (χ2v) is 6.12. The van der Waals surface area contributed by atoms with Gasteiger partial charge in [0.25, 0.3) is 0 Å². The van der Waals surface area contributed by atoms with Crippen molar-refractivity contribution in [1.29, 1.82) is 0 Å². The Morgan fingerprint density at radius 1 is 1.26 bits per heavy atom. The molecule has 0 aromatic heterocycles. The lowest BCUT2D eigenvalue weighted by Crippen LogP contribution is -2.60. The lowest BCUT2D eigenvalue weighted by Gasteiger charge is -2.39. The molecule has 0 saturated carbocycles. The first-order chi connectivity index (χ1) is 8.96. The van der Waals surface area contributed by atoms with Gasteiger partial charge in [0.05, 0.1) is 11.6 Å². The van der Waals surface area contributed by atoms with E-state index in [-0.39, 0.29) is 11.9 Å². The molecule has 0 radical (unpaired) electrons. The van der Waals surface area contributed by atoms with Gasteiger partial charge in [-0.05, 0) is 13.8 Å². The van der Waals surface area contributed by atoms with E-state index in [4.69, 9.17) is 0 Å². The number of rotatable bonds is 3. The van der Waals surface area contributed by atoms with Crippen molar-refractivity contribution < 1.29 is 9.90 Å². The molecule has 2 saturated heterocycles. The van der Waals surface area contributed by atoms with Gasteiger partial charge in [0.1, 0.15) is 0 Å². The fraction of sp³-hybridized carbons (Fsp3) is 0.923. The van der Waals surface area contributed by atoms with Crippen LogP contribution in [0.4, 0.5) is 0 Å². The lowest BCUT2D eigenvalue weighted by atomic mass is 10.1. The third-order valence-corrected chi connectivity index (χ3v) is 3.63. The summed E-state index contributed by atoms with van der Waals surface area (Å²) in [6.45, 7) is 10.0. The molecule has 6 heteroatoms. The normalized spacial score (nSPS) is 26.5. The number of nitrogens with one attached hydrogen (secondary N) is 2. The van der Waals surface area contributed by atoms with E-state index in [1.165, 1.54) is 0 Å². The number of β-amino-alcohol motifs (C(OH)–C–C–N with tert-alkyl or cyclic N) is 1. The molecule has 19 heavy (non-hydrogen) atoms. The highest BCUT2D eigenvalue weighted by molar-refractivity contribution is 5.82. The van der Waals surface area contributed by atoms with Gasteiger partial charge in [-0.2, -0.15) is 0 Å². The smallest absolute Gasteiger partial charge is 0.241 e. The highest BCUT2D eigenvalue weighted by Crippen LogP contribution is 2.09. The standard InChI is InChI=1S/C13H26N4O2/c1-13(2,19)10-16-5-7-17(8-6-16)12(18)11-9-14-3-4-15-11/h11,14-15,19H,3-10H2,1-2H3. The van der Waals surface area contributed by atoms with Gasteiger partial charge in [0.2, 0.25) is 5.91 Å². The molecule has 0 spiro atoms. The molecule has 0 bridgehead atoms. The molecular formula is C13H26N4O2. The summed E-state index contributed by atoms with van der Waals surface area (Å²) in [5.41, 5.74) is -0.666. The molecule has 2 rings (SSSR count). The first kappa shape index (κ1) is 14.7. The van der Waals surface area contributed by atoms with Crippen LogP contribution in [0.5, 0.6) is 0 Å². The molecule has 110 valence electrons. The first-order valence-corrected chi connectivity index (χ1v) is 7.13. The quantitative estimate of drug-likeness (QED) is 0.580. The van der Waals surface area contributed by atoms with Gasteiger partial charge >= 0.3 is 0 Å². The van der Waals surface area contributed by atoms with Crippen LogP contribution in [-0.2, 0) is 4.79 Å². The monoisotopic (exact) mass is 270 g/mol. The number of aliphatic hydroxyl groups is 1. The molecule has 1 atom stereocenters. The minimum absolute atomic E-state index is 0.0745. The summed E-state index contributed by atoms with van der Waals surface area (Å²) >= 11 is 0. The molecule has 6 nitrogen and oxygen atoms in total. The van der Waals surface area contributed by atoms with Crippen molar-refractivity contribution >= 4 is 5.91 Å². The minimum atomic E-state index is -0.666. The average molecular weight is 270 g/mol. The lowest BCUT2D eigenvalue weighted by molar-refractivity contribution is -0.135. The third kappa shape index (κ3) is 4.42. The van der Waals surface area contributed by atoms with Crippen molar-refractivity contribution in [2.45, 2.75) is 25.5 Å². The number of carbonyl (C=O) groups excluding carboxylic acids is 1. The molecule has 1 amide bonds. The number of hydrogen-bond acceptors (Lipinski definition) is 5. The van der Waals surface area contributed by atoms with Crippen LogP contribution in [0.3, 0.4) is 0 Å². The minimum Gasteiger partial charge on any atom is -0.389 e. The second kappa shape index (κ2) is 6.17. The molecule has 2 fully saturated rings. The van der Waals surface area contributed by atoms with E-state index < -0.39 is 5.60 Å². The molecule has 0 aliphatic carbocycles. The Morgan fingerprint density at radius 3 is 2.47 bits per heavy atom. The van der Waals surface area contributed by atoms with Gasteiger partial charge in [-0.15, -0.1) is 0 Å². The van der Waals surface area contributed by atoms with Gasteiger partial charge in [0.15, 0.2) is 0 Å². The Labute approximate surface area is 115 Å². The highest BCUT2D eigenvalue weighted by atomic mass is 16.3. The summed E-state index contributed by atoms with van der Waals surface area (Å²) in [7, 11) is 0. The maximum absolute atomic E-state index is 12.3. The molecule has 2 heterocycles. The van der Waals surface area contributed by atoms with Crippen molar-refractivity contribution in [2.24, 2.45) is 0 Å². The third-order valence-electron chi connectivity index (χ3n) is 3.63. The maximum atomic E-state index is 12.3. The van der Waals surface area contributed by atoms with Crippen LogP contribution in [0.1, 0.15) is 13.8 Å². The highest BCUT2D eigenvalue weighted by Gasteiger charge is 2.29. The van der Waals surface area contributed by atoms with Crippen molar-refractivity contribution in [3.8, 4) is 0 Å². The van der Waals surface area contributed by atoms with Crippen LogP contribution >= 0.6 is 0 Å². The first-order valence-electron chi connectivity index (χ1n) is 7.13. The van der Waals surface area contributed by atoms with Gasteiger partial charge in [-0.3, -0.25) is 9.69 Å². The summed E-state index contributed by atoms with van der Waals surface area (Å²) in [5, 5.41) is 16.3. The molecular weight excluding hydrogens is 244 g/mol. The van der Waals surface area contributed by atoms with Crippen LogP contribution in [0.15, 0.2) is 0 Å². The van der Waals surface area contributed by atoms with Crippen LogP contribution in [0.25, 0.3) is 0 Å². The molecule has 2 aliphatic heterocycles. The summed E-state index contributed by atoms with van der Waals surface area (Å²) in [4.78, 5) is 16.5. The Bertz CT molecular complexity index is 302. The van der Waals surface area contributed by atoms with Crippen molar-refractivity contribution in [3.05, 3.63) is 0 Å². The van der Waals surface area contributed by atoms with E-state index in [2.05, 4.69) is 15.5 Å². The Balaban J connectivity index is 1.77. The zero-order valence-corrected chi connectivity index (χ0v) is 12.0. The fourth-order valence-electron chi connectivity index (χ4n) is 2.72. The molecule has 1 unspecified atom stereocenters. The van der Waals surface area contributed by atoms with Crippen LogP contribution in [0, 0.1) is 0 Å². The SMILES string of the molecule is CC(C)(O)CN1CCN(C(=O)C2CNCCN2)CC1. The van der Waals surface area contributed by atoms with Crippen LogP contribution in [0.2, 0.25) is 0 Å². The van der Waals surface area contributed by atoms with Crippen LogP contribution in [-0.4, -0.2) is 84.8 Å². The molecule has 0 aromatic carbocycles. The van der Waals surface area contributed by atoms with E-state index in [0.29, 0.717) is 6.54 Å². The second-order valence-electron chi connectivity index (χ2n) is 6.12. The zero-order chi connectivity index (χ0) is 13.9. The molecule has 3 N–H and O–H groups in total. The summed E-state index contributed by atoms with van der Waals surface area (Å²) in [6.07, 6.45) is 0. The van der Waals surface area contributed by atoms with Crippen molar-refractivity contribution in [1.82, 2.24) is 20.4 Å². The number of hydrogen-bond donors (Lipinski definition) is 3. The van der Waals surface area contributed by atoms with Gasteiger partial charge in [-0.1, -0.05) is 0 Å². The van der Waals surface area contributed by atoms with Crippen molar-refractivity contribution in [2.75, 3.05) is 52.4 Å². The van der Waals surface area contributed by atoms with Gasteiger partial charge < -0.3 is 20.6 Å². The zero-order valence-electron chi connectivity index (χ0n) is 12.0. The predicted octanol–water partition coefficient (Wildman–Crippen LogP) is -1.54. The van der Waals surface area contributed by atoms with Crippen LogP contribution < -0.4 is 10.6 Å². The summed E-state index contributed by atoms with van der Waals surface area (Å²) in [6, 6.07) is -0.0745. The summed E-state index contributed by atoms with van der Waals surface area (Å²) < 4.78 is 0. The Kier molecular flexibility index (Phi) is 4.78. The summed E-state index contributed by atoms with van der Waals surface area (Å²) in [5.74, 6) is 0.204.